The highest BCUT2D eigenvalue weighted by Crippen LogP contribution is 2.29. The number of carboxylic acid groups (broad SMARTS) is 1. The van der Waals surface area contributed by atoms with Gasteiger partial charge in [0.15, 0.2) is 11.5 Å². The summed E-state index contributed by atoms with van der Waals surface area (Å²) in [4.78, 5) is 23.5. The minimum Gasteiger partial charge on any atom is -0.483 e. The smallest absolute Gasteiger partial charge is 0.290 e. The summed E-state index contributed by atoms with van der Waals surface area (Å²) >= 11 is 0. The quantitative estimate of drug-likeness (QED) is 0.579. The van der Waals surface area contributed by atoms with Crippen molar-refractivity contribution in [2.45, 2.75) is 12.5 Å². The van der Waals surface area contributed by atoms with E-state index in [4.69, 9.17) is 15.6 Å². The van der Waals surface area contributed by atoms with E-state index in [0.717, 1.165) is 35.7 Å². The lowest BCUT2D eigenvalue weighted by Crippen LogP contribution is -2.23. The van der Waals surface area contributed by atoms with Gasteiger partial charge in [0, 0.05) is 49.1 Å². The molecular weight excluding hydrogens is 324 g/mol. The number of pyridine rings is 1. The van der Waals surface area contributed by atoms with Crippen LogP contribution in [-0.2, 0) is 4.79 Å². The molecule has 4 rings (SSSR count). The molecule has 25 heavy (non-hydrogen) atoms. The lowest BCUT2D eigenvalue weighted by molar-refractivity contribution is -0.122. The van der Waals surface area contributed by atoms with Gasteiger partial charge >= 0.3 is 0 Å². The number of hydrogen-bond acceptors (Lipinski definition) is 7. The lowest BCUT2D eigenvalue weighted by Gasteiger charge is -2.17. The van der Waals surface area contributed by atoms with E-state index in [0.29, 0.717) is 12.2 Å². The van der Waals surface area contributed by atoms with E-state index in [1.165, 1.54) is 0 Å². The summed E-state index contributed by atoms with van der Waals surface area (Å²) in [5, 5.41) is 16.6. The van der Waals surface area contributed by atoms with Gasteiger partial charge in [-0.05, 0) is 12.5 Å². The van der Waals surface area contributed by atoms with E-state index in [1.807, 2.05) is 10.6 Å². The van der Waals surface area contributed by atoms with Gasteiger partial charge in [-0.25, -0.2) is 9.97 Å². The van der Waals surface area contributed by atoms with E-state index >= 15 is 0 Å². The molecular formula is C16H18N6O3. The van der Waals surface area contributed by atoms with Crippen molar-refractivity contribution >= 4 is 23.6 Å². The Labute approximate surface area is 143 Å². The van der Waals surface area contributed by atoms with Crippen LogP contribution in [0.4, 0.5) is 11.5 Å². The summed E-state index contributed by atoms with van der Waals surface area (Å²) in [7, 11) is 0. The number of carbonyl (C=O) groups is 1. The van der Waals surface area contributed by atoms with Crippen molar-refractivity contribution < 1.29 is 15.0 Å². The number of nitrogens with zero attached hydrogens (tertiary/aromatic N) is 5. The zero-order chi connectivity index (χ0) is 17.8. The fourth-order valence-corrected chi connectivity index (χ4v) is 2.88. The number of imidazole rings is 1. The standard InChI is InChI=1S/C15H16N6O.CH2O2/c16-12-1-3-17-7-11(12)13-8-19-15-14(18-4-6-21(13)15)20-5-2-10(22)9-20;2-1-3/h1,3-4,6-8,10,22H,2,5,9H2,(H2,16,17);1H,(H,2,3). The molecule has 0 aliphatic carbocycles. The third-order valence-electron chi connectivity index (χ3n) is 4.00. The molecule has 0 amide bonds. The molecule has 1 aliphatic rings. The number of anilines is 2. The Morgan fingerprint density at radius 2 is 2.08 bits per heavy atom. The molecule has 1 atom stereocenters. The molecule has 0 aromatic carbocycles. The van der Waals surface area contributed by atoms with Crippen molar-refractivity contribution in [1.82, 2.24) is 19.4 Å². The number of aromatic nitrogens is 4. The first-order valence-corrected chi connectivity index (χ1v) is 7.68. The number of nitrogen functional groups attached to an aromatic ring is 1. The molecule has 1 aliphatic heterocycles. The summed E-state index contributed by atoms with van der Waals surface area (Å²) in [5.41, 5.74) is 9.18. The predicted molar refractivity (Wildman–Crippen MR) is 92.2 cm³/mol. The number of nitrogens with two attached hydrogens (primary N) is 1. The highest BCUT2D eigenvalue weighted by Gasteiger charge is 2.24. The van der Waals surface area contributed by atoms with E-state index in [2.05, 4.69) is 19.9 Å². The SMILES string of the molecule is Nc1ccncc1-c1cnc2c(N3CCC(O)C3)nccn12.O=CO. The molecule has 4 heterocycles. The maximum atomic E-state index is 9.73. The van der Waals surface area contributed by atoms with Gasteiger partial charge in [0.2, 0.25) is 0 Å². The van der Waals surface area contributed by atoms with Crippen molar-refractivity contribution in [3.05, 3.63) is 37.1 Å². The summed E-state index contributed by atoms with van der Waals surface area (Å²) in [6.45, 7) is 1.12. The summed E-state index contributed by atoms with van der Waals surface area (Å²) in [6, 6.07) is 1.77. The fourth-order valence-electron chi connectivity index (χ4n) is 2.88. The summed E-state index contributed by atoms with van der Waals surface area (Å²) < 4.78 is 1.96. The average molecular weight is 342 g/mol. The van der Waals surface area contributed by atoms with Crippen LogP contribution in [0.1, 0.15) is 6.42 Å². The molecule has 3 aromatic heterocycles. The molecule has 9 heteroatoms. The molecule has 1 unspecified atom stereocenters. The Morgan fingerprint density at radius 3 is 2.76 bits per heavy atom. The third kappa shape index (κ3) is 3.22. The number of aliphatic hydroxyl groups is 1. The highest BCUT2D eigenvalue weighted by molar-refractivity contribution is 5.77. The van der Waals surface area contributed by atoms with Gasteiger partial charge in [-0.1, -0.05) is 0 Å². The van der Waals surface area contributed by atoms with E-state index < -0.39 is 0 Å². The van der Waals surface area contributed by atoms with Crippen LogP contribution in [0.3, 0.4) is 0 Å². The first kappa shape index (κ1) is 16.7. The van der Waals surface area contributed by atoms with Gasteiger partial charge < -0.3 is 20.8 Å². The zero-order valence-electron chi connectivity index (χ0n) is 13.4. The van der Waals surface area contributed by atoms with Crippen LogP contribution in [-0.4, -0.2) is 55.2 Å². The van der Waals surface area contributed by atoms with Crippen LogP contribution < -0.4 is 10.6 Å². The lowest BCUT2D eigenvalue weighted by atomic mass is 10.2. The van der Waals surface area contributed by atoms with Crippen LogP contribution in [0.15, 0.2) is 37.1 Å². The Hall–Kier alpha value is -3.20. The fraction of sp³-hybridized carbons (Fsp3) is 0.250. The van der Waals surface area contributed by atoms with Crippen LogP contribution >= 0.6 is 0 Å². The Morgan fingerprint density at radius 1 is 1.28 bits per heavy atom. The minimum absolute atomic E-state index is 0.250. The average Bonchev–Trinajstić information content (AvgIpc) is 3.22. The van der Waals surface area contributed by atoms with Crippen molar-refractivity contribution in [3.8, 4) is 11.3 Å². The van der Waals surface area contributed by atoms with Crippen molar-refractivity contribution in [2.24, 2.45) is 0 Å². The predicted octanol–water partition coefficient (Wildman–Crippen LogP) is 0.645. The van der Waals surface area contributed by atoms with Crippen molar-refractivity contribution in [3.63, 3.8) is 0 Å². The molecule has 1 saturated heterocycles. The van der Waals surface area contributed by atoms with Gasteiger partial charge in [-0.3, -0.25) is 14.2 Å². The van der Waals surface area contributed by atoms with Gasteiger partial charge in [0.1, 0.15) is 0 Å². The number of fused-ring (bicyclic) bond motifs is 1. The first-order valence-electron chi connectivity index (χ1n) is 7.68. The van der Waals surface area contributed by atoms with Gasteiger partial charge in [-0.15, -0.1) is 0 Å². The van der Waals surface area contributed by atoms with Gasteiger partial charge in [-0.2, -0.15) is 0 Å². The third-order valence-corrected chi connectivity index (χ3v) is 4.00. The number of aliphatic hydroxyl groups excluding tert-OH is 1. The molecule has 0 spiro atoms. The van der Waals surface area contributed by atoms with Crippen LogP contribution in [0.2, 0.25) is 0 Å². The first-order chi connectivity index (χ1) is 12.2. The topological polar surface area (TPSA) is 130 Å². The number of rotatable bonds is 2. The van der Waals surface area contributed by atoms with E-state index in [-0.39, 0.29) is 12.6 Å². The molecule has 0 saturated carbocycles. The molecule has 9 nitrogen and oxygen atoms in total. The molecule has 4 N–H and O–H groups in total. The van der Waals surface area contributed by atoms with Crippen molar-refractivity contribution in [1.29, 1.82) is 0 Å². The molecule has 0 radical (unpaired) electrons. The van der Waals surface area contributed by atoms with Crippen LogP contribution in [0.25, 0.3) is 16.9 Å². The highest BCUT2D eigenvalue weighted by atomic mass is 16.3. The van der Waals surface area contributed by atoms with Crippen LogP contribution in [0, 0.1) is 0 Å². The molecule has 3 aromatic rings. The molecule has 0 bridgehead atoms. The Kier molecular flexibility index (Phi) is 4.75. The number of β-amino-alcohol motifs (C(OH)–C–C–N with tert-alkyl or cyclic N) is 1. The molecule has 1 fully saturated rings. The second kappa shape index (κ2) is 7.14. The Bertz CT molecular complexity index is 881. The maximum Gasteiger partial charge on any atom is 0.290 e. The second-order valence-corrected chi connectivity index (χ2v) is 5.54. The summed E-state index contributed by atoms with van der Waals surface area (Å²) in [5.74, 6) is 0.785. The van der Waals surface area contributed by atoms with Crippen molar-refractivity contribution in [2.75, 3.05) is 23.7 Å². The monoisotopic (exact) mass is 342 g/mol. The van der Waals surface area contributed by atoms with Crippen LogP contribution in [0.5, 0.6) is 0 Å². The minimum atomic E-state index is -0.301. The molecule has 130 valence electrons. The van der Waals surface area contributed by atoms with E-state index in [9.17, 15) is 5.11 Å². The van der Waals surface area contributed by atoms with Gasteiger partial charge in [0.25, 0.3) is 6.47 Å². The number of hydrogen-bond donors (Lipinski definition) is 3. The van der Waals surface area contributed by atoms with Gasteiger partial charge in [0.05, 0.1) is 18.0 Å². The second-order valence-electron chi connectivity index (χ2n) is 5.54. The Balaban J connectivity index is 0.000000569. The largest absolute Gasteiger partial charge is 0.483 e. The maximum absolute atomic E-state index is 9.73. The zero-order valence-corrected chi connectivity index (χ0v) is 13.4. The summed E-state index contributed by atoms with van der Waals surface area (Å²) in [6.07, 6.45) is 9.24. The van der Waals surface area contributed by atoms with E-state index in [1.54, 1.807) is 30.9 Å². The normalized spacial score (nSPS) is 16.5.